The predicted molar refractivity (Wildman–Crippen MR) is 113 cm³/mol. The third kappa shape index (κ3) is 13.4. The van der Waals surface area contributed by atoms with Crippen LogP contribution in [-0.4, -0.2) is 13.0 Å². The van der Waals surface area contributed by atoms with E-state index in [2.05, 4.69) is 13.8 Å². The number of hydrogen-bond donors (Lipinski definition) is 0. The Morgan fingerprint density at radius 1 is 0.750 bits per heavy atom. The average molecular weight is 419 g/mol. The molecule has 0 aliphatic carbocycles. The molecule has 28 heavy (non-hydrogen) atoms. The zero-order chi connectivity index (χ0) is 20.0. The first-order valence-electron chi connectivity index (χ1n) is 11.0. The predicted octanol–water partition coefficient (Wildman–Crippen LogP) is 3.86. The molecule has 0 aliphatic heterocycles. The van der Waals surface area contributed by atoms with E-state index in [0.29, 0.717) is 0 Å². The molecule has 0 spiro atoms. The topological polar surface area (TPSA) is 57.2 Å². The molecule has 0 N–H and O–H groups in total. The number of unbranched alkanes of at least 4 members (excludes halogenated alkanes) is 7. The molecule has 0 saturated heterocycles. The third-order valence-corrected chi connectivity index (χ3v) is 6.32. The summed E-state index contributed by atoms with van der Waals surface area (Å²) >= 11 is 0. The Kier molecular flexibility index (Phi) is 17.0. The maximum Gasteiger partial charge on any atom is 1.00 e. The number of hydrogen-bond acceptors (Lipinski definition) is 3. The largest absolute Gasteiger partial charge is 1.00 e. The van der Waals surface area contributed by atoms with Crippen LogP contribution in [0.25, 0.3) is 0 Å². The van der Waals surface area contributed by atoms with Gasteiger partial charge in [0.25, 0.3) is 0 Å². The molecule has 0 heterocycles. The van der Waals surface area contributed by atoms with Crippen LogP contribution in [-0.2, 0) is 16.5 Å². The third-order valence-electron chi connectivity index (χ3n) is 5.47. The van der Waals surface area contributed by atoms with E-state index in [4.69, 9.17) is 0 Å². The minimum absolute atomic E-state index is 0. The van der Waals surface area contributed by atoms with Gasteiger partial charge in [-0.2, -0.15) is 0 Å². The summed E-state index contributed by atoms with van der Waals surface area (Å²) in [5.74, 6) is 0.865. The Morgan fingerprint density at radius 3 is 1.82 bits per heavy atom. The Balaban J connectivity index is 0.00000729. The first-order chi connectivity index (χ1) is 13.0. The molecule has 0 radical (unpaired) electrons. The summed E-state index contributed by atoms with van der Waals surface area (Å²) in [6, 6.07) is 6.41. The van der Waals surface area contributed by atoms with Gasteiger partial charge in [-0.1, -0.05) is 103 Å². The normalized spacial score (nSPS) is 12.5. The van der Waals surface area contributed by atoms with Gasteiger partial charge in [0, 0.05) is 0 Å². The zero-order valence-electron chi connectivity index (χ0n) is 18.4. The fraction of sp³-hybridized carbons (Fsp3) is 0.739. The van der Waals surface area contributed by atoms with E-state index in [0.717, 1.165) is 24.3 Å². The number of rotatable bonds is 16. The SMILES string of the molecule is CCCCCCCCC(CCCC)CCCCc1ccc(S(=O)(=O)[O-])cc1.[Na+]. The van der Waals surface area contributed by atoms with Crippen molar-refractivity contribution >= 4 is 10.1 Å². The van der Waals surface area contributed by atoms with E-state index >= 15 is 0 Å². The van der Waals surface area contributed by atoms with Crippen LogP contribution in [0.15, 0.2) is 29.2 Å². The molecule has 1 aromatic rings. The summed E-state index contributed by atoms with van der Waals surface area (Å²) in [5, 5.41) is 0. The summed E-state index contributed by atoms with van der Waals surface area (Å²) < 4.78 is 32.9. The quantitative estimate of drug-likeness (QED) is 0.233. The fourth-order valence-electron chi connectivity index (χ4n) is 3.72. The van der Waals surface area contributed by atoms with Gasteiger partial charge in [0.05, 0.1) is 4.90 Å². The zero-order valence-corrected chi connectivity index (χ0v) is 21.2. The molecule has 156 valence electrons. The van der Waals surface area contributed by atoms with Gasteiger partial charge >= 0.3 is 29.6 Å². The van der Waals surface area contributed by atoms with Crippen molar-refractivity contribution in [2.45, 2.75) is 109 Å². The van der Waals surface area contributed by atoms with E-state index in [1.165, 1.54) is 89.2 Å². The van der Waals surface area contributed by atoms with Crippen LogP contribution < -0.4 is 29.6 Å². The molecule has 1 rings (SSSR count). The molecular weight excluding hydrogens is 379 g/mol. The van der Waals surface area contributed by atoms with Crippen molar-refractivity contribution in [3.05, 3.63) is 29.8 Å². The molecule has 0 aromatic heterocycles. The first-order valence-corrected chi connectivity index (χ1v) is 12.4. The van der Waals surface area contributed by atoms with Crippen LogP contribution in [0.4, 0.5) is 0 Å². The monoisotopic (exact) mass is 418 g/mol. The van der Waals surface area contributed by atoms with Crippen LogP contribution in [0, 0.1) is 5.92 Å². The molecule has 1 atom stereocenters. The molecule has 5 heteroatoms. The van der Waals surface area contributed by atoms with Gasteiger partial charge < -0.3 is 4.55 Å². The Bertz CT molecular complexity index is 584. The van der Waals surface area contributed by atoms with Gasteiger partial charge in [-0.25, -0.2) is 8.42 Å². The number of aryl methyl sites for hydroxylation is 1. The van der Waals surface area contributed by atoms with Crippen molar-refractivity contribution in [1.82, 2.24) is 0 Å². The van der Waals surface area contributed by atoms with E-state index in [1.54, 1.807) is 12.1 Å². The van der Waals surface area contributed by atoms with Crippen molar-refractivity contribution in [2.75, 3.05) is 0 Å². The minimum Gasteiger partial charge on any atom is -0.744 e. The second-order valence-corrected chi connectivity index (χ2v) is 9.29. The van der Waals surface area contributed by atoms with Gasteiger partial charge in [-0.15, -0.1) is 0 Å². The smallest absolute Gasteiger partial charge is 0.744 e. The van der Waals surface area contributed by atoms with Crippen molar-refractivity contribution in [3.63, 3.8) is 0 Å². The summed E-state index contributed by atoms with van der Waals surface area (Å²) in [5.41, 5.74) is 1.11. The second kappa shape index (κ2) is 16.9. The van der Waals surface area contributed by atoms with Crippen molar-refractivity contribution in [3.8, 4) is 0 Å². The molecule has 0 amide bonds. The summed E-state index contributed by atoms with van der Waals surface area (Å²) in [7, 11) is -4.33. The Hall–Kier alpha value is 0.130. The maximum absolute atomic E-state index is 11.0. The minimum atomic E-state index is -4.33. The molecule has 0 saturated carbocycles. The maximum atomic E-state index is 11.0. The molecular formula is C23H39NaO3S. The van der Waals surface area contributed by atoms with E-state index in [1.807, 2.05) is 0 Å². The van der Waals surface area contributed by atoms with Gasteiger partial charge in [-0.3, -0.25) is 0 Å². The molecule has 0 bridgehead atoms. The van der Waals surface area contributed by atoms with Crippen LogP contribution in [0.3, 0.4) is 0 Å². The van der Waals surface area contributed by atoms with Gasteiger partial charge in [-0.05, 0) is 36.5 Å². The van der Waals surface area contributed by atoms with Crippen molar-refractivity contribution in [2.24, 2.45) is 5.92 Å². The van der Waals surface area contributed by atoms with Crippen LogP contribution >= 0.6 is 0 Å². The average Bonchev–Trinajstić information content (AvgIpc) is 2.64. The van der Waals surface area contributed by atoms with Crippen molar-refractivity contribution < 1.29 is 42.5 Å². The number of benzene rings is 1. The Morgan fingerprint density at radius 2 is 1.25 bits per heavy atom. The second-order valence-electron chi connectivity index (χ2n) is 7.91. The van der Waals surface area contributed by atoms with Crippen LogP contribution in [0.5, 0.6) is 0 Å². The molecule has 0 fully saturated rings. The summed E-state index contributed by atoms with van der Waals surface area (Å²) in [4.78, 5) is -0.134. The molecule has 1 aromatic carbocycles. The van der Waals surface area contributed by atoms with Crippen LogP contribution in [0.2, 0.25) is 0 Å². The molecule has 1 unspecified atom stereocenters. The van der Waals surface area contributed by atoms with Crippen LogP contribution in [0.1, 0.15) is 103 Å². The van der Waals surface area contributed by atoms with Gasteiger partial charge in [0.2, 0.25) is 0 Å². The molecule has 0 aliphatic rings. The standard InChI is InChI=1S/C23H40O3S.Na/c1-3-5-7-8-9-10-14-21(13-6-4-2)15-11-12-16-22-17-19-23(20-18-22)27(24,25)26;/h17-21H,3-16H2,1-2H3,(H,24,25,26);/q;+1/p-1. The fourth-order valence-corrected chi connectivity index (χ4v) is 4.19. The molecule has 3 nitrogen and oxygen atoms in total. The van der Waals surface area contributed by atoms with Gasteiger partial charge in [0.1, 0.15) is 10.1 Å². The van der Waals surface area contributed by atoms with E-state index in [9.17, 15) is 13.0 Å². The summed E-state index contributed by atoms with van der Waals surface area (Å²) in [6.07, 6.45) is 18.2. The Labute approximate surface area is 196 Å². The van der Waals surface area contributed by atoms with E-state index in [-0.39, 0.29) is 34.5 Å². The van der Waals surface area contributed by atoms with Gasteiger partial charge in [0.15, 0.2) is 0 Å². The van der Waals surface area contributed by atoms with E-state index < -0.39 is 10.1 Å². The summed E-state index contributed by atoms with van der Waals surface area (Å²) in [6.45, 7) is 4.54. The van der Waals surface area contributed by atoms with Crippen molar-refractivity contribution in [1.29, 1.82) is 0 Å². The first kappa shape index (κ1) is 28.1.